The highest BCUT2D eigenvalue weighted by atomic mass is 32.1. The minimum atomic E-state index is -0.394. The number of carbonyl (C=O) groups excluding carboxylic acids is 1. The standard InChI is InChI=1S/C23H16FNO3S/c1-28-17-12-8-15(9-13-17)22(27)25-23-20(14-6-10-16(24)11-7-14)21(26)18-4-2-3-5-19(18)29-23/h2-13H,1H3,(H,25,27). The first-order chi connectivity index (χ1) is 14.1. The molecule has 4 aromatic rings. The van der Waals surface area contributed by atoms with Crippen LogP contribution in [0.15, 0.2) is 77.6 Å². The van der Waals surface area contributed by atoms with Gasteiger partial charge in [0, 0.05) is 15.6 Å². The molecule has 0 saturated heterocycles. The van der Waals surface area contributed by atoms with E-state index in [0.717, 1.165) is 4.70 Å². The lowest BCUT2D eigenvalue weighted by Gasteiger charge is -2.12. The molecule has 1 amide bonds. The van der Waals surface area contributed by atoms with Gasteiger partial charge in [0.15, 0.2) is 5.43 Å². The Hall–Kier alpha value is -3.51. The van der Waals surface area contributed by atoms with Gasteiger partial charge in [-0.1, -0.05) is 24.3 Å². The van der Waals surface area contributed by atoms with Crippen LogP contribution in [0.3, 0.4) is 0 Å². The minimum absolute atomic E-state index is 0.212. The summed E-state index contributed by atoms with van der Waals surface area (Å²) in [5, 5.41) is 3.83. The summed E-state index contributed by atoms with van der Waals surface area (Å²) in [5.41, 5.74) is 1.11. The molecule has 1 N–H and O–H groups in total. The number of ether oxygens (including phenoxy) is 1. The molecule has 0 bridgehead atoms. The Morgan fingerprint density at radius 1 is 0.966 bits per heavy atom. The maximum Gasteiger partial charge on any atom is 0.256 e. The molecule has 0 aliphatic rings. The zero-order chi connectivity index (χ0) is 20.4. The minimum Gasteiger partial charge on any atom is -0.497 e. The smallest absolute Gasteiger partial charge is 0.256 e. The van der Waals surface area contributed by atoms with E-state index in [0.29, 0.717) is 32.8 Å². The Bertz CT molecular complexity index is 1250. The Balaban J connectivity index is 1.83. The van der Waals surface area contributed by atoms with Crippen molar-refractivity contribution in [3.05, 3.63) is 94.4 Å². The van der Waals surface area contributed by atoms with Crippen LogP contribution in [0.25, 0.3) is 21.2 Å². The topological polar surface area (TPSA) is 55.4 Å². The first-order valence-corrected chi connectivity index (χ1v) is 9.65. The maximum absolute atomic E-state index is 13.4. The summed E-state index contributed by atoms with van der Waals surface area (Å²) in [6.07, 6.45) is 0. The zero-order valence-corrected chi connectivity index (χ0v) is 16.3. The average Bonchev–Trinajstić information content (AvgIpc) is 2.75. The molecule has 0 atom stereocenters. The van der Waals surface area contributed by atoms with Crippen molar-refractivity contribution in [3.8, 4) is 16.9 Å². The Morgan fingerprint density at radius 2 is 1.66 bits per heavy atom. The summed E-state index contributed by atoms with van der Waals surface area (Å²) in [6, 6.07) is 19.6. The second kappa shape index (κ2) is 7.85. The molecular formula is C23H16FNO3S. The third-order valence-electron chi connectivity index (χ3n) is 4.51. The third-order valence-corrected chi connectivity index (χ3v) is 5.60. The van der Waals surface area contributed by atoms with Gasteiger partial charge < -0.3 is 10.1 Å². The molecule has 0 radical (unpaired) electrons. The molecule has 29 heavy (non-hydrogen) atoms. The molecule has 6 heteroatoms. The van der Waals surface area contributed by atoms with Crippen molar-refractivity contribution in [1.82, 2.24) is 0 Å². The molecule has 0 spiro atoms. The predicted molar refractivity (Wildman–Crippen MR) is 114 cm³/mol. The molecule has 4 rings (SSSR count). The van der Waals surface area contributed by atoms with Crippen LogP contribution >= 0.6 is 11.3 Å². The third kappa shape index (κ3) is 3.75. The van der Waals surface area contributed by atoms with Crippen molar-refractivity contribution < 1.29 is 13.9 Å². The van der Waals surface area contributed by atoms with Crippen LogP contribution in [-0.4, -0.2) is 13.0 Å². The normalized spacial score (nSPS) is 10.7. The zero-order valence-electron chi connectivity index (χ0n) is 15.4. The second-order valence-corrected chi connectivity index (χ2v) is 7.37. The highest BCUT2D eigenvalue weighted by molar-refractivity contribution is 7.22. The van der Waals surface area contributed by atoms with Gasteiger partial charge in [0.2, 0.25) is 0 Å². The van der Waals surface area contributed by atoms with Gasteiger partial charge >= 0.3 is 0 Å². The van der Waals surface area contributed by atoms with E-state index in [1.807, 2.05) is 12.1 Å². The summed E-state index contributed by atoms with van der Waals surface area (Å²) >= 11 is 1.31. The molecule has 144 valence electrons. The lowest BCUT2D eigenvalue weighted by molar-refractivity contribution is 0.102. The van der Waals surface area contributed by atoms with Crippen molar-refractivity contribution in [1.29, 1.82) is 0 Å². The monoisotopic (exact) mass is 405 g/mol. The highest BCUT2D eigenvalue weighted by Gasteiger charge is 2.17. The van der Waals surface area contributed by atoms with Gasteiger partial charge in [-0.05, 0) is 54.1 Å². The van der Waals surface area contributed by atoms with Gasteiger partial charge in [0.05, 0.1) is 12.7 Å². The largest absolute Gasteiger partial charge is 0.497 e. The van der Waals surface area contributed by atoms with Gasteiger partial charge in [-0.25, -0.2) is 4.39 Å². The maximum atomic E-state index is 13.4. The lowest BCUT2D eigenvalue weighted by Crippen LogP contribution is -2.15. The number of fused-ring (bicyclic) bond motifs is 1. The summed E-state index contributed by atoms with van der Waals surface area (Å²) in [5.74, 6) is -0.0969. The number of hydrogen-bond acceptors (Lipinski definition) is 4. The van der Waals surface area contributed by atoms with E-state index in [-0.39, 0.29) is 11.3 Å². The second-order valence-electron chi connectivity index (χ2n) is 6.32. The lowest BCUT2D eigenvalue weighted by atomic mass is 10.1. The van der Waals surface area contributed by atoms with Crippen LogP contribution in [0, 0.1) is 5.82 Å². The van der Waals surface area contributed by atoms with E-state index in [9.17, 15) is 14.0 Å². The molecule has 0 unspecified atom stereocenters. The fourth-order valence-corrected chi connectivity index (χ4v) is 4.12. The van der Waals surface area contributed by atoms with Crippen LogP contribution < -0.4 is 15.5 Å². The SMILES string of the molecule is COc1ccc(C(=O)Nc2sc3ccccc3c(=O)c2-c2ccc(F)cc2)cc1. The van der Waals surface area contributed by atoms with E-state index in [1.165, 1.54) is 35.6 Å². The Morgan fingerprint density at radius 3 is 2.34 bits per heavy atom. The van der Waals surface area contributed by atoms with Crippen LogP contribution in [0.1, 0.15) is 10.4 Å². The van der Waals surface area contributed by atoms with Gasteiger partial charge in [0.25, 0.3) is 5.91 Å². The van der Waals surface area contributed by atoms with E-state index >= 15 is 0 Å². The Kier molecular flexibility index (Phi) is 5.10. The molecule has 1 aromatic heterocycles. The number of hydrogen-bond donors (Lipinski definition) is 1. The van der Waals surface area contributed by atoms with Crippen LogP contribution in [0.2, 0.25) is 0 Å². The van der Waals surface area contributed by atoms with E-state index < -0.39 is 5.82 Å². The highest BCUT2D eigenvalue weighted by Crippen LogP contribution is 2.33. The van der Waals surface area contributed by atoms with Crippen molar-refractivity contribution >= 4 is 32.3 Å². The number of benzene rings is 3. The molecule has 3 aromatic carbocycles. The number of methoxy groups -OCH3 is 1. The van der Waals surface area contributed by atoms with Crippen molar-refractivity contribution in [3.63, 3.8) is 0 Å². The average molecular weight is 405 g/mol. The number of rotatable bonds is 4. The Labute approximate surface area is 170 Å². The summed E-state index contributed by atoms with van der Waals surface area (Å²) in [6.45, 7) is 0. The van der Waals surface area contributed by atoms with E-state index in [2.05, 4.69) is 5.32 Å². The molecule has 0 aliphatic heterocycles. The number of carbonyl (C=O) groups is 1. The molecule has 1 heterocycles. The van der Waals surface area contributed by atoms with E-state index in [1.54, 1.807) is 43.5 Å². The fourth-order valence-electron chi connectivity index (χ4n) is 3.03. The van der Waals surface area contributed by atoms with Crippen molar-refractivity contribution in [2.24, 2.45) is 0 Å². The fraction of sp³-hybridized carbons (Fsp3) is 0.0435. The molecular weight excluding hydrogens is 389 g/mol. The first kappa shape index (κ1) is 18.8. The van der Waals surface area contributed by atoms with Crippen LogP contribution in [0.4, 0.5) is 9.39 Å². The quantitative estimate of drug-likeness (QED) is 0.499. The summed E-state index contributed by atoms with van der Waals surface area (Å²) < 4.78 is 19.3. The molecule has 0 aliphatic carbocycles. The predicted octanol–water partition coefficient (Wildman–Crippen LogP) is 5.33. The summed E-state index contributed by atoms with van der Waals surface area (Å²) in [4.78, 5) is 26.0. The number of anilines is 1. The number of halogens is 1. The number of nitrogens with one attached hydrogen (secondary N) is 1. The van der Waals surface area contributed by atoms with Gasteiger partial charge in [-0.15, -0.1) is 11.3 Å². The molecule has 4 nitrogen and oxygen atoms in total. The van der Waals surface area contributed by atoms with Gasteiger partial charge in [-0.3, -0.25) is 9.59 Å². The van der Waals surface area contributed by atoms with Crippen LogP contribution in [-0.2, 0) is 0 Å². The van der Waals surface area contributed by atoms with Crippen LogP contribution in [0.5, 0.6) is 5.75 Å². The van der Waals surface area contributed by atoms with Crippen molar-refractivity contribution in [2.75, 3.05) is 12.4 Å². The van der Waals surface area contributed by atoms with Gasteiger partial charge in [0.1, 0.15) is 16.6 Å². The van der Waals surface area contributed by atoms with Crippen molar-refractivity contribution in [2.45, 2.75) is 0 Å². The van der Waals surface area contributed by atoms with E-state index in [4.69, 9.17) is 4.74 Å². The molecule has 0 fully saturated rings. The van der Waals surface area contributed by atoms with Gasteiger partial charge in [-0.2, -0.15) is 0 Å². The first-order valence-electron chi connectivity index (χ1n) is 8.84. The number of amides is 1. The molecule has 0 saturated carbocycles. The summed E-state index contributed by atoms with van der Waals surface area (Å²) in [7, 11) is 1.55.